The summed E-state index contributed by atoms with van der Waals surface area (Å²) in [5.74, 6) is -0.199. The first kappa shape index (κ1) is 18.5. The zero-order valence-electron chi connectivity index (χ0n) is 13.6. The highest BCUT2D eigenvalue weighted by Gasteiger charge is 2.06. The summed E-state index contributed by atoms with van der Waals surface area (Å²) in [4.78, 5) is 34.3. The molecule has 2 rings (SSSR count). The molecule has 0 unspecified atom stereocenters. The Morgan fingerprint density at radius 3 is 2.44 bits per heavy atom. The summed E-state index contributed by atoms with van der Waals surface area (Å²) in [6.45, 7) is 0.854. The molecule has 0 aliphatic carbocycles. The van der Waals surface area contributed by atoms with Gasteiger partial charge in [-0.3, -0.25) is 9.59 Å². The molecule has 0 spiro atoms. The summed E-state index contributed by atoms with van der Waals surface area (Å²) in [7, 11) is 0. The topological polar surface area (TPSA) is 113 Å². The van der Waals surface area contributed by atoms with Gasteiger partial charge in [-0.05, 0) is 35.6 Å². The molecule has 0 fully saturated rings. The Hall–Kier alpha value is -2.87. The van der Waals surface area contributed by atoms with Crippen molar-refractivity contribution < 1.29 is 14.4 Å². The molecule has 4 amide bonds. The molecule has 0 aliphatic heterocycles. The van der Waals surface area contributed by atoms with Crippen molar-refractivity contribution >= 4 is 34.9 Å². The molecule has 1 aromatic heterocycles. The number of urea groups is 1. The van der Waals surface area contributed by atoms with Gasteiger partial charge in [0.25, 0.3) is 5.91 Å². The van der Waals surface area contributed by atoms with Gasteiger partial charge in [0.15, 0.2) is 0 Å². The zero-order valence-corrected chi connectivity index (χ0v) is 14.4. The Balaban J connectivity index is 1.62. The number of anilines is 1. The van der Waals surface area contributed by atoms with Gasteiger partial charge in [0, 0.05) is 36.1 Å². The Morgan fingerprint density at radius 2 is 1.80 bits per heavy atom. The number of thiophene rings is 1. The van der Waals surface area contributed by atoms with Crippen molar-refractivity contribution in [2.75, 3.05) is 11.9 Å². The number of nitrogens with two attached hydrogens (primary N) is 1. The van der Waals surface area contributed by atoms with Gasteiger partial charge in [-0.1, -0.05) is 12.1 Å². The van der Waals surface area contributed by atoms with E-state index in [1.54, 1.807) is 35.7 Å². The van der Waals surface area contributed by atoms with Crippen molar-refractivity contribution in [3.8, 4) is 0 Å². The van der Waals surface area contributed by atoms with E-state index >= 15 is 0 Å². The lowest BCUT2D eigenvalue weighted by Gasteiger charge is -2.07. The van der Waals surface area contributed by atoms with Crippen LogP contribution in [0.1, 0.15) is 28.8 Å². The maximum Gasteiger partial charge on any atom is 0.316 e. The minimum absolute atomic E-state index is 0.0795. The predicted molar refractivity (Wildman–Crippen MR) is 97.4 cm³/mol. The first-order valence-electron chi connectivity index (χ1n) is 7.77. The Morgan fingerprint density at radius 1 is 1.04 bits per heavy atom. The van der Waals surface area contributed by atoms with Crippen molar-refractivity contribution in [3.05, 3.63) is 52.2 Å². The van der Waals surface area contributed by atoms with Gasteiger partial charge in [0.1, 0.15) is 0 Å². The second-order valence-corrected chi connectivity index (χ2v) is 6.11. The number of carbonyl (C=O) groups is 3. The van der Waals surface area contributed by atoms with Crippen LogP contribution in [0.15, 0.2) is 41.1 Å². The van der Waals surface area contributed by atoms with E-state index in [0.717, 1.165) is 5.56 Å². The standard InChI is InChI=1S/C17H20N4O3S/c18-17(24)21-14-5-3-12(4-6-14)10-20-15(22)2-1-8-19-16(23)13-7-9-25-11-13/h3-7,9,11H,1-2,8,10H2,(H,19,23)(H,20,22)(H3,18,21,24). The van der Waals surface area contributed by atoms with Crippen molar-refractivity contribution in [2.45, 2.75) is 19.4 Å². The molecule has 5 N–H and O–H groups in total. The number of rotatable bonds is 8. The van der Waals surface area contributed by atoms with E-state index in [1.165, 1.54) is 11.3 Å². The van der Waals surface area contributed by atoms with Crippen molar-refractivity contribution in [1.29, 1.82) is 0 Å². The van der Waals surface area contributed by atoms with Crippen molar-refractivity contribution in [3.63, 3.8) is 0 Å². The van der Waals surface area contributed by atoms with Gasteiger partial charge in [-0.25, -0.2) is 4.79 Å². The summed E-state index contributed by atoms with van der Waals surface area (Å²) in [6.07, 6.45) is 0.911. The normalized spacial score (nSPS) is 10.1. The summed E-state index contributed by atoms with van der Waals surface area (Å²) >= 11 is 1.47. The average molecular weight is 360 g/mol. The molecule has 1 heterocycles. The predicted octanol–water partition coefficient (Wildman–Crippen LogP) is 2.07. The molecule has 0 radical (unpaired) electrons. The van der Waals surface area contributed by atoms with Crippen LogP contribution in [0.2, 0.25) is 0 Å². The Kier molecular flexibility index (Phi) is 6.97. The molecular formula is C17H20N4O3S. The smallest absolute Gasteiger partial charge is 0.316 e. The van der Waals surface area contributed by atoms with Gasteiger partial charge >= 0.3 is 6.03 Å². The maximum absolute atomic E-state index is 11.8. The largest absolute Gasteiger partial charge is 0.352 e. The quantitative estimate of drug-likeness (QED) is 0.540. The van der Waals surface area contributed by atoms with Gasteiger partial charge in [0.05, 0.1) is 0 Å². The molecule has 8 heteroatoms. The van der Waals surface area contributed by atoms with Crippen LogP contribution in [0.5, 0.6) is 0 Å². The molecule has 0 saturated heterocycles. The lowest BCUT2D eigenvalue weighted by molar-refractivity contribution is -0.121. The van der Waals surface area contributed by atoms with Crippen LogP contribution < -0.4 is 21.7 Å². The van der Waals surface area contributed by atoms with E-state index in [0.29, 0.717) is 37.2 Å². The molecular weight excluding hydrogens is 340 g/mol. The van der Waals surface area contributed by atoms with Crippen LogP contribution in [-0.4, -0.2) is 24.4 Å². The lowest BCUT2D eigenvalue weighted by Crippen LogP contribution is -2.27. The minimum atomic E-state index is -0.618. The number of hydrogen-bond donors (Lipinski definition) is 4. The first-order valence-corrected chi connectivity index (χ1v) is 8.71. The van der Waals surface area contributed by atoms with E-state index < -0.39 is 6.03 Å². The number of primary amides is 1. The fraction of sp³-hybridized carbons (Fsp3) is 0.235. The molecule has 1 aromatic carbocycles. The first-order chi connectivity index (χ1) is 12.0. The number of benzene rings is 1. The zero-order chi connectivity index (χ0) is 18.1. The fourth-order valence-corrected chi connectivity index (χ4v) is 2.72. The third-order valence-electron chi connectivity index (χ3n) is 3.36. The maximum atomic E-state index is 11.8. The van der Waals surface area contributed by atoms with Crippen LogP contribution >= 0.6 is 11.3 Å². The van der Waals surface area contributed by atoms with E-state index in [2.05, 4.69) is 16.0 Å². The number of carbonyl (C=O) groups excluding carboxylic acids is 3. The summed E-state index contributed by atoms with van der Waals surface area (Å²) in [5.41, 5.74) is 7.19. The molecule has 0 saturated carbocycles. The molecule has 0 aliphatic rings. The molecule has 7 nitrogen and oxygen atoms in total. The SMILES string of the molecule is NC(=O)Nc1ccc(CNC(=O)CCCNC(=O)c2ccsc2)cc1. The summed E-state index contributed by atoms with van der Waals surface area (Å²) < 4.78 is 0. The monoisotopic (exact) mass is 360 g/mol. The van der Waals surface area contributed by atoms with Gasteiger partial charge in [-0.2, -0.15) is 11.3 Å². The highest BCUT2D eigenvalue weighted by molar-refractivity contribution is 7.08. The summed E-state index contributed by atoms with van der Waals surface area (Å²) in [5, 5.41) is 11.7. The second-order valence-electron chi connectivity index (χ2n) is 5.33. The molecule has 0 bridgehead atoms. The van der Waals surface area contributed by atoms with Gasteiger partial charge < -0.3 is 21.7 Å². The highest BCUT2D eigenvalue weighted by atomic mass is 32.1. The number of nitrogens with one attached hydrogen (secondary N) is 3. The number of amides is 4. The van der Waals surface area contributed by atoms with Gasteiger partial charge in [-0.15, -0.1) is 0 Å². The van der Waals surface area contributed by atoms with Crippen molar-refractivity contribution in [1.82, 2.24) is 10.6 Å². The van der Waals surface area contributed by atoms with E-state index in [9.17, 15) is 14.4 Å². The van der Waals surface area contributed by atoms with Crippen LogP contribution in [0.25, 0.3) is 0 Å². The van der Waals surface area contributed by atoms with Crippen LogP contribution in [-0.2, 0) is 11.3 Å². The van der Waals surface area contributed by atoms with E-state index in [-0.39, 0.29) is 11.8 Å². The third kappa shape index (κ3) is 6.64. The van der Waals surface area contributed by atoms with E-state index in [1.807, 2.05) is 5.38 Å². The highest BCUT2D eigenvalue weighted by Crippen LogP contribution is 2.09. The molecule has 25 heavy (non-hydrogen) atoms. The summed E-state index contributed by atoms with van der Waals surface area (Å²) in [6, 6.07) is 8.17. The fourth-order valence-electron chi connectivity index (χ4n) is 2.08. The molecule has 0 atom stereocenters. The molecule has 2 aromatic rings. The van der Waals surface area contributed by atoms with Crippen LogP contribution in [0.3, 0.4) is 0 Å². The van der Waals surface area contributed by atoms with Crippen LogP contribution in [0.4, 0.5) is 10.5 Å². The number of hydrogen-bond acceptors (Lipinski definition) is 4. The minimum Gasteiger partial charge on any atom is -0.352 e. The van der Waals surface area contributed by atoms with Crippen molar-refractivity contribution in [2.24, 2.45) is 5.73 Å². The Labute approximate surface area is 149 Å². The van der Waals surface area contributed by atoms with Crippen LogP contribution in [0, 0.1) is 0 Å². The third-order valence-corrected chi connectivity index (χ3v) is 4.04. The molecule has 132 valence electrons. The lowest BCUT2D eigenvalue weighted by atomic mass is 10.2. The van der Waals surface area contributed by atoms with Gasteiger partial charge in [0.2, 0.25) is 5.91 Å². The second kappa shape index (κ2) is 9.43. The average Bonchev–Trinajstić information content (AvgIpc) is 3.12. The van der Waals surface area contributed by atoms with E-state index in [4.69, 9.17) is 5.73 Å². The Bertz CT molecular complexity index is 714.